The van der Waals surface area contributed by atoms with Crippen molar-refractivity contribution in [2.75, 3.05) is 6.26 Å². The average Bonchev–Trinajstić information content (AvgIpc) is 2.49. The molecule has 1 nitrogen and oxygen atoms in total. The van der Waals surface area contributed by atoms with Crippen LogP contribution in [0.3, 0.4) is 0 Å². The molecule has 0 fully saturated rings. The highest BCUT2D eigenvalue weighted by atomic mass is 32.2. The lowest BCUT2D eigenvalue weighted by Crippen LogP contribution is -2.08. The number of hydrogen-bond donors (Lipinski definition) is 0. The van der Waals surface area contributed by atoms with Crippen LogP contribution in [0.15, 0.2) is 53.2 Å². The van der Waals surface area contributed by atoms with Crippen molar-refractivity contribution in [3.05, 3.63) is 48.2 Å². The smallest absolute Gasteiger partial charge is 0.0410 e. The van der Waals surface area contributed by atoms with Gasteiger partial charge in [0.15, 0.2) is 0 Å². The van der Waals surface area contributed by atoms with E-state index in [-0.39, 0.29) is 10.2 Å². The number of aliphatic imine (C=N–C) groups is 1. The Morgan fingerprint density at radius 3 is 2.74 bits per heavy atom. The van der Waals surface area contributed by atoms with E-state index in [9.17, 15) is 0 Å². The Balaban J connectivity index is 2.56. The van der Waals surface area contributed by atoms with Crippen molar-refractivity contribution in [2.45, 2.75) is 38.9 Å². The van der Waals surface area contributed by atoms with E-state index in [0.29, 0.717) is 0 Å². The maximum Gasteiger partial charge on any atom is 0.0410 e. The summed E-state index contributed by atoms with van der Waals surface area (Å²) in [6, 6.07) is 0. The molecule has 0 aromatic heterocycles. The van der Waals surface area contributed by atoms with Crippen LogP contribution in [0.2, 0.25) is 0 Å². The van der Waals surface area contributed by atoms with Crippen LogP contribution in [-0.2, 0) is 0 Å². The third-order valence-electron chi connectivity index (χ3n) is 2.99. The van der Waals surface area contributed by atoms with Gasteiger partial charge in [0.1, 0.15) is 0 Å². The van der Waals surface area contributed by atoms with Crippen molar-refractivity contribution in [1.82, 2.24) is 0 Å². The van der Waals surface area contributed by atoms with Gasteiger partial charge in [0.2, 0.25) is 0 Å². The quantitative estimate of drug-likeness (QED) is 0.630. The standard InChI is InChI=1S/C17H25NS/c1-16(2)11-9-13-18-15(14-16)10-7-6-8-12-17(3,4)19-5/h6-9,11-14H,10H2,1-5H3/b7-6-,12-8-. The zero-order valence-corrected chi connectivity index (χ0v) is 13.5. The number of allylic oxidation sites excluding steroid dienone is 6. The first kappa shape index (κ1) is 16.0. The first-order chi connectivity index (χ1) is 8.85. The fourth-order valence-corrected chi connectivity index (χ4v) is 1.89. The minimum Gasteiger partial charge on any atom is -0.261 e. The van der Waals surface area contributed by atoms with E-state index in [1.807, 2.05) is 24.1 Å². The van der Waals surface area contributed by atoms with Gasteiger partial charge in [0.25, 0.3) is 0 Å². The second kappa shape index (κ2) is 6.95. The molecule has 0 saturated heterocycles. The molecule has 104 valence electrons. The van der Waals surface area contributed by atoms with Crippen molar-refractivity contribution in [2.24, 2.45) is 10.4 Å². The normalized spacial score (nSPS) is 19.1. The molecule has 0 amide bonds. The van der Waals surface area contributed by atoms with E-state index in [1.54, 1.807) is 0 Å². The largest absolute Gasteiger partial charge is 0.261 e. The summed E-state index contributed by atoms with van der Waals surface area (Å²) in [4.78, 5) is 4.45. The molecule has 1 rings (SSSR count). The Hall–Kier alpha value is -1.02. The molecular formula is C17H25NS. The molecule has 19 heavy (non-hydrogen) atoms. The molecule has 0 N–H and O–H groups in total. The zero-order chi connectivity index (χ0) is 14.4. The molecule has 0 saturated carbocycles. The van der Waals surface area contributed by atoms with Crippen LogP contribution in [0.4, 0.5) is 0 Å². The summed E-state index contributed by atoms with van der Waals surface area (Å²) in [7, 11) is 0. The predicted molar refractivity (Wildman–Crippen MR) is 90.0 cm³/mol. The van der Waals surface area contributed by atoms with Crippen molar-refractivity contribution in [3.8, 4) is 0 Å². The Morgan fingerprint density at radius 1 is 1.32 bits per heavy atom. The van der Waals surface area contributed by atoms with Crippen LogP contribution < -0.4 is 0 Å². The number of nitrogens with zero attached hydrogens (tertiary/aromatic N) is 1. The van der Waals surface area contributed by atoms with Gasteiger partial charge in [0.05, 0.1) is 0 Å². The highest BCUT2D eigenvalue weighted by molar-refractivity contribution is 8.00. The summed E-state index contributed by atoms with van der Waals surface area (Å²) < 4.78 is 0.204. The molecule has 0 radical (unpaired) electrons. The number of rotatable bonds is 5. The maximum absolute atomic E-state index is 4.45. The molecule has 0 aliphatic carbocycles. The second-order valence-corrected chi connectivity index (χ2v) is 7.35. The summed E-state index contributed by atoms with van der Waals surface area (Å²) >= 11 is 1.85. The van der Waals surface area contributed by atoms with Gasteiger partial charge in [-0.05, 0) is 26.2 Å². The highest BCUT2D eigenvalue weighted by Crippen LogP contribution is 2.25. The summed E-state index contributed by atoms with van der Waals surface area (Å²) in [5, 5.41) is 0. The Morgan fingerprint density at radius 2 is 2.05 bits per heavy atom. The van der Waals surface area contributed by atoms with Crippen molar-refractivity contribution in [1.29, 1.82) is 0 Å². The lowest BCUT2D eigenvalue weighted by molar-refractivity contribution is 0.620. The molecule has 0 atom stereocenters. The van der Waals surface area contributed by atoms with E-state index in [4.69, 9.17) is 0 Å². The van der Waals surface area contributed by atoms with E-state index in [1.165, 1.54) is 0 Å². The Bertz CT molecular complexity index is 434. The molecule has 1 aliphatic heterocycles. The SMILES string of the molecule is CSC(C)(C)/C=C\C=C/CC1=CC(C)(C)C=CC=N1. The van der Waals surface area contributed by atoms with Gasteiger partial charge in [-0.2, -0.15) is 11.8 Å². The van der Waals surface area contributed by atoms with Crippen LogP contribution in [0.5, 0.6) is 0 Å². The fourth-order valence-electron chi connectivity index (χ4n) is 1.68. The van der Waals surface area contributed by atoms with Crippen LogP contribution in [0.1, 0.15) is 34.1 Å². The molecule has 0 unspecified atom stereocenters. The van der Waals surface area contributed by atoms with Crippen molar-refractivity contribution >= 4 is 18.0 Å². The summed E-state index contributed by atoms with van der Waals surface area (Å²) in [6.45, 7) is 8.83. The highest BCUT2D eigenvalue weighted by Gasteiger charge is 2.12. The topological polar surface area (TPSA) is 12.4 Å². The van der Waals surface area contributed by atoms with Crippen molar-refractivity contribution in [3.63, 3.8) is 0 Å². The summed E-state index contributed by atoms with van der Waals surface area (Å²) in [5.41, 5.74) is 1.22. The Labute approximate surface area is 122 Å². The second-order valence-electron chi connectivity index (χ2n) is 5.89. The molecule has 1 aliphatic rings. The van der Waals surface area contributed by atoms with E-state index in [0.717, 1.165) is 12.1 Å². The average molecular weight is 275 g/mol. The molecule has 0 aromatic carbocycles. The van der Waals surface area contributed by atoms with Crippen LogP contribution in [-0.4, -0.2) is 17.2 Å². The van der Waals surface area contributed by atoms with Crippen molar-refractivity contribution < 1.29 is 0 Å². The predicted octanol–water partition coefficient (Wildman–Crippen LogP) is 5.18. The molecule has 2 heteroatoms. The zero-order valence-electron chi connectivity index (χ0n) is 12.7. The van der Waals surface area contributed by atoms with Gasteiger partial charge in [-0.15, -0.1) is 0 Å². The maximum atomic E-state index is 4.45. The first-order valence-corrected chi connectivity index (χ1v) is 7.90. The molecule has 0 bridgehead atoms. The number of thioether (sulfide) groups is 1. The minimum absolute atomic E-state index is 0.0936. The minimum atomic E-state index is 0.0936. The first-order valence-electron chi connectivity index (χ1n) is 6.68. The van der Waals surface area contributed by atoms with Gasteiger partial charge in [0, 0.05) is 28.5 Å². The van der Waals surface area contributed by atoms with Crippen LogP contribution in [0.25, 0.3) is 0 Å². The number of hydrogen-bond acceptors (Lipinski definition) is 2. The Kier molecular flexibility index (Phi) is 5.86. The van der Waals surface area contributed by atoms with Gasteiger partial charge >= 0.3 is 0 Å². The summed E-state index contributed by atoms with van der Waals surface area (Å²) in [6.07, 6.45) is 19.9. The monoisotopic (exact) mass is 275 g/mol. The van der Waals surface area contributed by atoms with Gasteiger partial charge in [-0.1, -0.05) is 50.3 Å². The summed E-state index contributed by atoms with van der Waals surface area (Å²) in [5.74, 6) is 0. The lowest BCUT2D eigenvalue weighted by Gasteiger charge is -2.15. The molecule has 1 heterocycles. The van der Waals surface area contributed by atoms with E-state index < -0.39 is 0 Å². The van der Waals surface area contributed by atoms with E-state index >= 15 is 0 Å². The van der Waals surface area contributed by atoms with Crippen LogP contribution >= 0.6 is 11.8 Å². The third kappa shape index (κ3) is 6.63. The lowest BCUT2D eigenvalue weighted by atomic mass is 9.92. The molecule has 0 aromatic rings. The van der Waals surface area contributed by atoms with Gasteiger partial charge < -0.3 is 0 Å². The molecule has 0 spiro atoms. The third-order valence-corrected chi connectivity index (χ3v) is 4.18. The fraction of sp³-hybridized carbons (Fsp3) is 0.471. The molecular weight excluding hydrogens is 250 g/mol. The van der Waals surface area contributed by atoms with Gasteiger partial charge in [-0.25, -0.2) is 0 Å². The van der Waals surface area contributed by atoms with E-state index in [2.05, 4.69) is 75.4 Å². The van der Waals surface area contributed by atoms with Gasteiger partial charge in [-0.3, -0.25) is 4.99 Å². The van der Waals surface area contributed by atoms with Crippen LogP contribution in [0, 0.1) is 5.41 Å².